The largest absolute Gasteiger partial charge is 0.383 e. The molecule has 0 saturated carbocycles. The first-order chi connectivity index (χ1) is 15.6. The van der Waals surface area contributed by atoms with Crippen LogP contribution < -0.4 is 16.0 Å². The van der Waals surface area contributed by atoms with Gasteiger partial charge in [-0.2, -0.15) is 10.1 Å². The van der Waals surface area contributed by atoms with Gasteiger partial charge >= 0.3 is 0 Å². The molecular weight excluding hydrogens is 412 g/mol. The summed E-state index contributed by atoms with van der Waals surface area (Å²) in [6.45, 7) is 8.73. The smallest absolute Gasteiger partial charge is 0.274 e. The van der Waals surface area contributed by atoms with Crippen molar-refractivity contribution in [2.45, 2.75) is 27.3 Å². The van der Waals surface area contributed by atoms with E-state index in [1.54, 1.807) is 18.0 Å². The molecule has 0 saturated heterocycles. The summed E-state index contributed by atoms with van der Waals surface area (Å²) in [4.78, 5) is 26.5. The molecule has 0 fully saturated rings. The molecular formula is C21H30N8O3. The number of anilines is 3. The first-order valence-electron chi connectivity index (χ1n) is 10.6. The highest BCUT2D eigenvalue weighted by Crippen LogP contribution is 2.27. The normalized spacial score (nSPS) is 11.0. The van der Waals surface area contributed by atoms with E-state index in [0.29, 0.717) is 68.1 Å². The Kier molecular flexibility index (Phi) is 8.28. The summed E-state index contributed by atoms with van der Waals surface area (Å²) >= 11 is 0. The Labute approximate surface area is 186 Å². The van der Waals surface area contributed by atoms with E-state index in [-0.39, 0.29) is 11.6 Å². The number of rotatable bonds is 12. The van der Waals surface area contributed by atoms with Gasteiger partial charge in [-0.05, 0) is 38.5 Å². The Balaban J connectivity index is 2.10. The van der Waals surface area contributed by atoms with Crippen LogP contribution in [0.3, 0.4) is 0 Å². The highest BCUT2D eigenvalue weighted by atomic mass is 16.5. The quantitative estimate of drug-likeness (QED) is 0.361. The molecule has 32 heavy (non-hydrogen) atoms. The molecule has 3 aromatic rings. The molecule has 0 aliphatic rings. The lowest BCUT2D eigenvalue weighted by atomic mass is 10.3. The van der Waals surface area contributed by atoms with Crippen molar-refractivity contribution in [3.8, 4) is 0 Å². The van der Waals surface area contributed by atoms with Gasteiger partial charge in [0, 0.05) is 33.0 Å². The lowest BCUT2D eigenvalue weighted by Crippen LogP contribution is -2.27. The Morgan fingerprint density at radius 2 is 2.06 bits per heavy atom. The van der Waals surface area contributed by atoms with Crippen molar-refractivity contribution in [2.75, 3.05) is 50.7 Å². The topological polar surface area (TPSA) is 128 Å². The molecule has 0 aliphatic carbocycles. The van der Waals surface area contributed by atoms with Crippen LogP contribution in [0.15, 0.2) is 18.3 Å². The third-order valence-electron chi connectivity index (χ3n) is 4.54. The summed E-state index contributed by atoms with van der Waals surface area (Å²) in [7, 11) is 1.58. The summed E-state index contributed by atoms with van der Waals surface area (Å²) in [5, 5.41) is 13.8. The minimum Gasteiger partial charge on any atom is -0.383 e. The summed E-state index contributed by atoms with van der Waals surface area (Å²) in [5.41, 5.74) is 2.32. The molecule has 0 unspecified atom stereocenters. The van der Waals surface area contributed by atoms with E-state index in [1.165, 1.54) is 0 Å². The molecule has 11 nitrogen and oxygen atoms in total. The summed E-state index contributed by atoms with van der Waals surface area (Å²) < 4.78 is 12.2. The molecule has 0 bridgehead atoms. The van der Waals surface area contributed by atoms with E-state index in [2.05, 4.69) is 36.0 Å². The number of hydrogen-bond acceptors (Lipinski definition) is 9. The van der Waals surface area contributed by atoms with Crippen molar-refractivity contribution in [3.05, 3.63) is 29.6 Å². The molecule has 0 atom stereocenters. The zero-order chi connectivity index (χ0) is 22.9. The van der Waals surface area contributed by atoms with Gasteiger partial charge in [-0.3, -0.25) is 9.48 Å². The maximum Gasteiger partial charge on any atom is 0.274 e. The fraction of sp³-hybridized carbons (Fsp3) is 0.476. The number of carbonyl (C=O) groups is 1. The van der Waals surface area contributed by atoms with Crippen molar-refractivity contribution < 1.29 is 14.3 Å². The first-order valence-corrected chi connectivity index (χ1v) is 10.6. The molecule has 1 amide bonds. The molecule has 3 heterocycles. The second kappa shape index (κ2) is 11.3. The number of nitrogens with one attached hydrogen (secondary N) is 3. The molecule has 3 aromatic heterocycles. The standard InChI is InChI=1S/C21H30N8O3/c1-5-22-21-26-16-17(20(30)24-9-11-31-4)28-29(10-12-32-6-2)18(16)19(27-21)25-15-13-14(3)7-8-23-15/h7-8,13H,5-6,9-12H2,1-4H3,(H,24,30)(H2,22,23,25,26,27). The zero-order valence-corrected chi connectivity index (χ0v) is 18.9. The fourth-order valence-corrected chi connectivity index (χ4v) is 3.09. The van der Waals surface area contributed by atoms with Crippen LogP contribution in [0.25, 0.3) is 11.0 Å². The van der Waals surface area contributed by atoms with Crippen molar-refractivity contribution in [1.29, 1.82) is 0 Å². The van der Waals surface area contributed by atoms with Crippen LogP contribution in [0, 0.1) is 6.92 Å². The maximum absolute atomic E-state index is 12.9. The third kappa shape index (κ3) is 5.68. The van der Waals surface area contributed by atoms with E-state index in [1.807, 2.05) is 32.9 Å². The first kappa shape index (κ1) is 23.4. The molecule has 172 valence electrons. The lowest BCUT2D eigenvalue weighted by Gasteiger charge is -2.11. The third-order valence-corrected chi connectivity index (χ3v) is 4.54. The van der Waals surface area contributed by atoms with Gasteiger partial charge in [0.2, 0.25) is 5.95 Å². The average Bonchev–Trinajstić information content (AvgIpc) is 3.13. The van der Waals surface area contributed by atoms with E-state index < -0.39 is 0 Å². The van der Waals surface area contributed by atoms with Gasteiger partial charge in [0.05, 0.1) is 19.8 Å². The monoisotopic (exact) mass is 442 g/mol. The van der Waals surface area contributed by atoms with Gasteiger partial charge in [0.25, 0.3) is 5.91 Å². The number of pyridine rings is 1. The predicted octanol–water partition coefficient (Wildman–Crippen LogP) is 2.12. The van der Waals surface area contributed by atoms with Gasteiger partial charge < -0.3 is 25.4 Å². The molecule has 3 rings (SSSR count). The molecule has 3 N–H and O–H groups in total. The van der Waals surface area contributed by atoms with Gasteiger partial charge in [0.1, 0.15) is 16.9 Å². The van der Waals surface area contributed by atoms with Gasteiger partial charge in [-0.25, -0.2) is 9.97 Å². The van der Waals surface area contributed by atoms with Crippen LogP contribution in [0.4, 0.5) is 17.6 Å². The lowest BCUT2D eigenvalue weighted by molar-refractivity contribution is 0.0931. The Morgan fingerprint density at radius 1 is 1.22 bits per heavy atom. The van der Waals surface area contributed by atoms with E-state index in [9.17, 15) is 4.79 Å². The number of aryl methyl sites for hydroxylation is 1. The van der Waals surface area contributed by atoms with E-state index >= 15 is 0 Å². The average molecular weight is 443 g/mol. The number of aromatic nitrogens is 5. The number of hydrogen-bond donors (Lipinski definition) is 3. The van der Waals surface area contributed by atoms with Crippen molar-refractivity contribution >= 4 is 34.5 Å². The minimum absolute atomic E-state index is 0.217. The van der Waals surface area contributed by atoms with E-state index in [0.717, 1.165) is 5.56 Å². The number of methoxy groups -OCH3 is 1. The van der Waals surface area contributed by atoms with Crippen LogP contribution in [0.2, 0.25) is 0 Å². The van der Waals surface area contributed by atoms with Crippen molar-refractivity contribution in [1.82, 2.24) is 30.0 Å². The molecule has 0 aromatic carbocycles. The second-order valence-electron chi connectivity index (χ2n) is 6.98. The Morgan fingerprint density at radius 3 is 2.78 bits per heavy atom. The van der Waals surface area contributed by atoms with Crippen LogP contribution in [0.5, 0.6) is 0 Å². The van der Waals surface area contributed by atoms with Crippen molar-refractivity contribution in [2.24, 2.45) is 0 Å². The predicted molar refractivity (Wildman–Crippen MR) is 122 cm³/mol. The molecule has 0 spiro atoms. The summed E-state index contributed by atoms with van der Waals surface area (Å²) in [6.07, 6.45) is 1.72. The maximum atomic E-state index is 12.9. The van der Waals surface area contributed by atoms with Gasteiger partial charge in [0.15, 0.2) is 11.5 Å². The van der Waals surface area contributed by atoms with Crippen LogP contribution in [-0.4, -0.2) is 70.7 Å². The van der Waals surface area contributed by atoms with E-state index in [4.69, 9.17) is 9.47 Å². The molecule has 0 aliphatic heterocycles. The van der Waals surface area contributed by atoms with Crippen LogP contribution >= 0.6 is 0 Å². The van der Waals surface area contributed by atoms with Crippen LogP contribution in [0.1, 0.15) is 29.9 Å². The highest BCUT2D eigenvalue weighted by Gasteiger charge is 2.23. The van der Waals surface area contributed by atoms with Gasteiger partial charge in [-0.15, -0.1) is 0 Å². The molecule has 11 heteroatoms. The van der Waals surface area contributed by atoms with Gasteiger partial charge in [-0.1, -0.05) is 0 Å². The Bertz CT molecular complexity index is 1050. The summed E-state index contributed by atoms with van der Waals surface area (Å²) in [6, 6.07) is 3.83. The number of fused-ring (bicyclic) bond motifs is 1. The Hall–Kier alpha value is -3.31. The highest BCUT2D eigenvalue weighted by molar-refractivity contribution is 6.06. The molecule has 0 radical (unpaired) electrons. The van der Waals surface area contributed by atoms with Crippen LogP contribution in [-0.2, 0) is 16.0 Å². The second-order valence-corrected chi connectivity index (χ2v) is 6.98. The number of ether oxygens (including phenoxy) is 2. The summed E-state index contributed by atoms with van der Waals surface area (Å²) in [5.74, 6) is 1.20. The number of amides is 1. The minimum atomic E-state index is -0.331. The van der Waals surface area contributed by atoms with Crippen molar-refractivity contribution in [3.63, 3.8) is 0 Å². The number of carbonyl (C=O) groups excluding carboxylic acids is 1. The fourth-order valence-electron chi connectivity index (χ4n) is 3.09. The zero-order valence-electron chi connectivity index (χ0n) is 18.9. The number of nitrogens with zero attached hydrogens (tertiary/aromatic N) is 5. The SMILES string of the molecule is CCNc1nc(Nc2cc(C)ccn2)c2c(n1)c(C(=O)NCCOC)nn2CCOCC.